The first-order chi connectivity index (χ1) is 11.4. The molecule has 0 aliphatic heterocycles. The normalized spacial score (nSPS) is 11.0. The highest BCUT2D eigenvalue weighted by Gasteiger charge is 2.14. The molecule has 0 aromatic heterocycles. The van der Waals surface area contributed by atoms with Crippen molar-refractivity contribution < 1.29 is 23.8 Å². The zero-order valence-corrected chi connectivity index (χ0v) is 13.3. The zero-order chi connectivity index (χ0) is 17.7. The Hall–Kier alpha value is -2.86. The number of methoxy groups -OCH3 is 1. The van der Waals surface area contributed by atoms with E-state index in [1.54, 1.807) is 18.2 Å². The fourth-order valence-corrected chi connectivity index (χ4v) is 2.00. The van der Waals surface area contributed by atoms with Gasteiger partial charge in [-0.3, -0.25) is 9.59 Å². The number of nitrogens with one attached hydrogen (secondary N) is 1. The summed E-state index contributed by atoms with van der Waals surface area (Å²) in [4.78, 5) is 23.7. The molecule has 0 atom stereocenters. The first-order valence-electron chi connectivity index (χ1n) is 6.76. The van der Waals surface area contributed by atoms with E-state index >= 15 is 0 Å². The number of carbonyl (C=O) groups is 2. The standard InChI is InChI=1S/C17H13ClFNO4/c1-24-12-4-2-3-10(7-12)15(21)9-16(22)17(23)20-11-5-6-14(19)13(18)8-11/h2-9,21H,1H3,(H,20,23). The summed E-state index contributed by atoms with van der Waals surface area (Å²) in [6.45, 7) is 0. The minimum atomic E-state index is -0.993. The van der Waals surface area contributed by atoms with Crippen LogP contribution in [0.1, 0.15) is 5.56 Å². The number of ether oxygens (including phenoxy) is 1. The second-order valence-corrected chi connectivity index (χ2v) is 5.12. The topological polar surface area (TPSA) is 75.6 Å². The van der Waals surface area contributed by atoms with Crippen LogP contribution in [0, 0.1) is 5.82 Å². The lowest BCUT2D eigenvalue weighted by molar-refractivity contribution is -0.131. The van der Waals surface area contributed by atoms with E-state index in [2.05, 4.69) is 5.32 Å². The first kappa shape index (κ1) is 17.5. The van der Waals surface area contributed by atoms with Crippen LogP contribution in [0.3, 0.4) is 0 Å². The third kappa shape index (κ3) is 4.33. The smallest absolute Gasteiger partial charge is 0.296 e. The van der Waals surface area contributed by atoms with Gasteiger partial charge in [0.1, 0.15) is 17.3 Å². The summed E-state index contributed by atoms with van der Waals surface area (Å²) in [6, 6.07) is 9.86. The summed E-state index contributed by atoms with van der Waals surface area (Å²) >= 11 is 5.59. The summed E-state index contributed by atoms with van der Waals surface area (Å²) in [6.07, 6.45) is 0.787. The highest BCUT2D eigenvalue weighted by molar-refractivity contribution is 6.45. The molecule has 0 aliphatic rings. The van der Waals surface area contributed by atoms with Gasteiger partial charge in [0.2, 0.25) is 5.78 Å². The highest BCUT2D eigenvalue weighted by atomic mass is 35.5. The number of halogens is 2. The second-order valence-electron chi connectivity index (χ2n) is 4.71. The monoisotopic (exact) mass is 349 g/mol. The molecule has 2 N–H and O–H groups in total. The van der Waals surface area contributed by atoms with Crippen molar-refractivity contribution in [2.45, 2.75) is 0 Å². The number of ketones is 1. The van der Waals surface area contributed by atoms with Crippen molar-refractivity contribution in [2.75, 3.05) is 12.4 Å². The SMILES string of the molecule is COc1cccc(C(O)=CC(=O)C(=O)Nc2ccc(F)c(Cl)c2)c1. The molecule has 0 bridgehead atoms. The summed E-state index contributed by atoms with van der Waals surface area (Å²) in [5.74, 6) is -2.50. The molecule has 5 nitrogen and oxygen atoms in total. The zero-order valence-electron chi connectivity index (χ0n) is 12.5. The average Bonchev–Trinajstić information content (AvgIpc) is 2.58. The van der Waals surface area contributed by atoms with E-state index in [1.165, 1.54) is 25.3 Å². The lowest BCUT2D eigenvalue weighted by Gasteiger charge is -2.05. The van der Waals surface area contributed by atoms with Gasteiger partial charge in [0.15, 0.2) is 0 Å². The van der Waals surface area contributed by atoms with Gasteiger partial charge in [0.25, 0.3) is 5.91 Å². The van der Waals surface area contributed by atoms with E-state index in [1.807, 2.05) is 0 Å². The molecule has 2 aromatic carbocycles. The Morgan fingerprint density at radius 1 is 1.25 bits per heavy atom. The number of aliphatic hydroxyl groups excluding tert-OH is 1. The molecule has 2 aromatic rings. The van der Waals surface area contributed by atoms with Crippen LogP contribution in [0.15, 0.2) is 48.5 Å². The molecule has 0 fully saturated rings. The predicted molar refractivity (Wildman–Crippen MR) is 88.6 cm³/mol. The molecule has 0 unspecified atom stereocenters. The molecule has 24 heavy (non-hydrogen) atoms. The molecule has 0 saturated heterocycles. The van der Waals surface area contributed by atoms with Gasteiger partial charge in [-0.15, -0.1) is 0 Å². The van der Waals surface area contributed by atoms with Crippen molar-refractivity contribution >= 4 is 34.7 Å². The van der Waals surface area contributed by atoms with Crippen LogP contribution in [0.2, 0.25) is 5.02 Å². The Balaban J connectivity index is 2.12. The van der Waals surface area contributed by atoms with E-state index in [9.17, 15) is 19.1 Å². The van der Waals surface area contributed by atoms with Crippen LogP contribution < -0.4 is 10.1 Å². The number of amides is 1. The Morgan fingerprint density at radius 3 is 2.67 bits per heavy atom. The molecular weight excluding hydrogens is 337 g/mol. The number of anilines is 1. The van der Waals surface area contributed by atoms with Crippen LogP contribution in [0.4, 0.5) is 10.1 Å². The van der Waals surface area contributed by atoms with Gasteiger partial charge >= 0.3 is 0 Å². The van der Waals surface area contributed by atoms with Crippen molar-refractivity contribution in [3.63, 3.8) is 0 Å². The quantitative estimate of drug-likeness (QED) is 0.491. The second kappa shape index (κ2) is 7.61. The van der Waals surface area contributed by atoms with Gasteiger partial charge in [-0.2, -0.15) is 0 Å². The number of aliphatic hydroxyl groups is 1. The van der Waals surface area contributed by atoms with Gasteiger partial charge in [-0.25, -0.2) is 4.39 Å². The lowest BCUT2D eigenvalue weighted by atomic mass is 10.1. The minimum Gasteiger partial charge on any atom is -0.507 e. The third-order valence-corrected chi connectivity index (χ3v) is 3.32. The maximum atomic E-state index is 13.1. The van der Waals surface area contributed by atoms with Gasteiger partial charge < -0.3 is 15.2 Å². The number of rotatable bonds is 5. The van der Waals surface area contributed by atoms with Crippen molar-refractivity contribution in [1.29, 1.82) is 0 Å². The first-order valence-corrected chi connectivity index (χ1v) is 7.14. The fraction of sp³-hybridized carbons (Fsp3) is 0.0588. The van der Waals surface area contributed by atoms with Gasteiger partial charge in [-0.1, -0.05) is 23.7 Å². The number of benzene rings is 2. The van der Waals surface area contributed by atoms with Gasteiger partial charge in [0.05, 0.1) is 12.1 Å². The van der Waals surface area contributed by atoms with E-state index in [4.69, 9.17) is 16.3 Å². The Kier molecular flexibility index (Phi) is 5.55. The molecule has 0 aliphatic carbocycles. The molecule has 1 amide bonds. The van der Waals surface area contributed by atoms with Gasteiger partial charge in [0, 0.05) is 17.3 Å². The molecule has 0 radical (unpaired) electrons. The average molecular weight is 350 g/mol. The molecule has 124 valence electrons. The molecule has 0 saturated carbocycles. The van der Waals surface area contributed by atoms with Crippen molar-refractivity contribution in [3.05, 3.63) is 64.9 Å². The van der Waals surface area contributed by atoms with Crippen LogP contribution in [0.5, 0.6) is 5.75 Å². The summed E-state index contributed by atoms with van der Waals surface area (Å²) in [7, 11) is 1.46. The Bertz CT molecular complexity index is 820. The Labute approximate surface area is 142 Å². The van der Waals surface area contributed by atoms with Gasteiger partial charge in [-0.05, 0) is 30.3 Å². The highest BCUT2D eigenvalue weighted by Crippen LogP contribution is 2.20. The molecule has 0 spiro atoms. The van der Waals surface area contributed by atoms with Crippen LogP contribution >= 0.6 is 11.6 Å². The minimum absolute atomic E-state index is 0.161. The lowest BCUT2D eigenvalue weighted by Crippen LogP contribution is -2.21. The van der Waals surface area contributed by atoms with Crippen LogP contribution in [0.25, 0.3) is 5.76 Å². The summed E-state index contributed by atoms with van der Waals surface area (Å²) in [5.41, 5.74) is 0.481. The molecular formula is C17H13ClFNO4. The van der Waals surface area contributed by atoms with E-state index in [-0.39, 0.29) is 16.5 Å². The summed E-state index contributed by atoms with van der Waals surface area (Å²) < 4.78 is 18.1. The molecule has 0 heterocycles. The fourth-order valence-electron chi connectivity index (χ4n) is 1.82. The van der Waals surface area contributed by atoms with Crippen LogP contribution in [-0.4, -0.2) is 23.9 Å². The van der Waals surface area contributed by atoms with Crippen LogP contribution in [-0.2, 0) is 9.59 Å². The maximum absolute atomic E-state index is 13.1. The molecule has 2 rings (SSSR count). The van der Waals surface area contributed by atoms with E-state index in [0.29, 0.717) is 11.3 Å². The predicted octanol–water partition coefficient (Wildman–Crippen LogP) is 3.59. The van der Waals surface area contributed by atoms with Crippen molar-refractivity contribution in [3.8, 4) is 5.75 Å². The Morgan fingerprint density at radius 2 is 2.00 bits per heavy atom. The maximum Gasteiger partial charge on any atom is 0.296 e. The number of hydrogen-bond donors (Lipinski definition) is 2. The van der Waals surface area contributed by atoms with Crippen molar-refractivity contribution in [2.24, 2.45) is 0 Å². The van der Waals surface area contributed by atoms with E-state index in [0.717, 1.165) is 12.1 Å². The largest absolute Gasteiger partial charge is 0.507 e. The van der Waals surface area contributed by atoms with Crippen molar-refractivity contribution in [1.82, 2.24) is 0 Å². The van der Waals surface area contributed by atoms with E-state index < -0.39 is 17.5 Å². The number of carbonyl (C=O) groups excluding carboxylic acids is 2. The molecule has 7 heteroatoms. The summed E-state index contributed by atoms with van der Waals surface area (Å²) in [5, 5.41) is 12.0. The third-order valence-electron chi connectivity index (χ3n) is 3.03. The number of hydrogen-bond acceptors (Lipinski definition) is 4.